The lowest BCUT2D eigenvalue weighted by Crippen LogP contribution is -2.30. The molecule has 0 saturated carbocycles. The number of rotatable bonds is 4. The number of carbonyl (C=O) groups excluding carboxylic acids is 1. The van der Waals surface area contributed by atoms with Gasteiger partial charge >= 0.3 is 0 Å². The third-order valence-corrected chi connectivity index (χ3v) is 5.02. The molecule has 1 aromatic rings. The molecule has 1 aliphatic rings. The summed E-state index contributed by atoms with van der Waals surface area (Å²) in [4.78, 5) is 11.0. The first kappa shape index (κ1) is 14.6. The number of hydrogen-bond donors (Lipinski definition) is 1. The number of primary amides is 1. The van der Waals surface area contributed by atoms with Crippen molar-refractivity contribution in [2.75, 3.05) is 11.5 Å². The summed E-state index contributed by atoms with van der Waals surface area (Å²) in [6.07, 6.45) is 0.944. The van der Waals surface area contributed by atoms with E-state index in [-0.39, 0.29) is 23.2 Å². The average molecular weight is 295 g/mol. The fourth-order valence-corrected chi connectivity index (χ4v) is 3.50. The van der Waals surface area contributed by atoms with Crippen molar-refractivity contribution in [1.82, 2.24) is 0 Å². The molecule has 1 aliphatic heterocycles. The molecule has 2 N–H and O–H groups in total. The standard InChI is InChI=1S/C14H17NO4S/c1-10(14(15)16)11-2-4-12(5-3-11)19-13-6-8-20(17,18)9-7-13/h2-5,13H,1,6-9H2,(H2,15,16). The van der Waals surface area contributed by atoms with Crippen LogP contribution >= 0.6 is 0 Å². The van der Waals surface area contributed by atoms with E-state index < -0.39 is 15.7 Å². The van der Waals surface area contributed by atoms with Crippen molar-refractivity contribution in [1.29, 1.82) is 0 Å². The van der Waals surface area contributed by atoms with Crippen LogP contribution in [0.15, 0.2) is 30.8 Å². The summed E-state index contributed by atoms with van der Waals surface area (Å²) in [5.74, 6) is 0.439. The van der Waals surface area contributed by atoms with E-state index in [4.69, 9.17) is 10.5 Å². The molecule has 2 rings (SSSR count). The number of hydrogen-bond acceptors (Lipinski definition) is 4. The Hall–Kier alpha value is -1.82. The van der Waals surface area contributed by atoms with Crippen LogP contribution < -0.4 is 10.5 Å². The Morgan fingerprint density at radius 2 is 1.75 bits per heavy atom. The molecule has 108 valence electrons. The molecular weight excluding hydrogens is 278 g/mol. The van der Waals surface area contributed by atoms with E-state index in [1.807, 2.05) is 0 Å². The van der Waals surface area contributed by atoms with E-state index in [1.54, 1.807) is 24.3 Å². The topological polar surface area (TPSA) is 86.5 Å². The third kappa shape index (κ3) is 3.60. The quantitative estimate of drug-likeness (QED) is 0.844. The molecule has 0 radical (unpaired) electrons. The Labute approximate surface area is 118 Å². The van der Waals surface area contributed by atoms with Crippen LogP contribution in [0.5, 0.6) is 5.75 Å². The van der Waals surface area contributed by atoms with Crippen molar-refractivity contribution in [3.8, 4) is 5.75 Å². The highest BCUT2D eigenvalue weighted by atomic mass is 32.2. The molecule has 1 aromatic carbocycles. The number of amides is 1. The average Bonchev–Trinajstić information content (AvgIpc) is 2.41. The van der Waals surface area contributed by atoms with Crippen LogP contribution in [0.2, 0.25) is 0 Å². The maximum absolute atomic E-state index is 11.3. The van der Waals surface area contributed by atoms with Gasteiger partial charge in [-0.3, -0.25) is 4.79 Å². The van der Waals surface area contributed by atoms with Gasteiger partial charge in [-0.25, -0.2) is 8.42 Å². The summed E-state index contributed by atoms with van der Waals surface area (Å²) in [5.41, 5.74) is 6.05. The maximum Gasteiger partial charge on any atom is 0.248 e. The molecule has 1 saturated heterocycles. The third-order valence-electron chi connectivity index (χ3n) is 3.30. The number of carbonyl (C=O) groups is 1. The van der Waals surface area contributed by atoms with Crippen molar-refractivity contribution in [2.24, 2.45) is 5.73 Å². The molecule has 0 atom stereocenters. The predicted molar refractivity (Wildman–Crippen MR) is 77.0 cm³/mol. The number of ether oxygens (including phenoxy) is 1. The highest BCUT2D eigenvalue weighted by molar-refractivity contribution is 7.91. The smallest absolute Gasteiger partial charge is 0.248 e. The molecule has 20 heavy (non-hydrogen) atoms. The van der Waals surface area contributed by atoms with Crippen molar-refractivity contribution < 1.29 is 17.9 Å². The van der Waals surface area contributed by atoms with Crippen LogP contribution in [-0.2, 0) is 14.6 Å². The highest BCUT2D eigenvalue weighted by Crippen LogP contribution is 2.22. The van der Waals surface area contributed by atoms with Gasteiger partial charge in [0.15, 0.2) is 9.84 Å². The lowest BCUT2D eigenvalue weighted by atomic mass is 10.1. The number of sulfone groups is 1. The van der Waals surface area contributed by atoms with Crippen molar-refractivity contribution in [2.45, 2.75) is 18.9 Å². The summed E-state index contributed by atoms with van der Waals surface area (Å²) in [6.45, 7) is 3.60. The highest BCUT2D eigenvalue weighted by Gasteiger charge is 2.24. The minimum absolute atomic E-state index is 0.0799. The molecule has 6 heteroatoms. The largest absolute Gasteiger partial charge is 0.490 e. The van der Waals surface area contributed by atoms with Gasteiger partial charge in [0.25, 0.3) is 0 Å². The summed E-state index contributed by atoms with van der Waals surface area (Å²) in [6, 6.07) is 6.88. The monoisotopic (exact) mass is 295 g/mol. The van der Waals surface area contributed by atoms with E-state index in [2.05, 4.69) is 6.58 Å². The molecular formula is C14H17NO4S. The van der Waals surface area contributed by atoms with E-state index in [1.165, 1.54) is 0 Å². The molecule has 1 fully saturated rings. The minimum atomic E-state index is -2.88. The lowest BCUT2D eigenvalue weighted by Gasteiger charge is -2.23. The Morgan fingerprint density at radius 1 is 1.20 bits per heavy atom. The van der Waals surface area contributed by atoms with E-state index >= 15 is 0 Å². The van der Waals surface area contributed by atoms with Crippen LogP contribution in [-0.4, -0.2) is 31.9 Å². The minimum Gasteiger partial charge on any atom is -0.490 e. The molecule has 0 aliphatic carbocycles. The van der Waals surface area contributed by atoms with Gasteiger partial charge in [0.05, 0.1) is 11.5 Å². The first-order valence-electron chi connectivity index (χ1n) is 6.33. The Bertz CT molecular complexity index is 605. The second kappa shape index (κ2) is 5.66. The predicted octanol–water partition coefficient (Wildman–Crippen LogP) is 1.14. The van der Waals surface area contributed by atoms with Gasteiger partial charge in [0.2, 0.25) is 5.91 Å². The van der Waals surface area contributed by atoms with Crippen molar-refractivity contribution in [3.63, 3.8) is 0 Å². The fraction of sp³-hybridized carbons (Fsp3) is 0.357. The van der Waals surface area contributed by atoms with E-state index in [0.29, 0.717) is 24.2 Å². The van der Waals surface area contributed by atoms with Gasteiger partial charge in [-0.05, 0) is 30.5 Å². The fourth-order valence-electron chi connectivity index (χ4n) is 2.06. The van der Waals surface area contributed by atoms with E-state index in [9.17, 15) is 13.2 Å². The number of nitrogens with two attached hydrogens (primary N) is 1. The molecule has 0 unspecified atom stereocenters. The van der Waals surface area contributed by atoms with Gasteiger partial charge in [-0.2, -0.15) is 0 Å². The number of benzene rings is 1. The van der Waals surface area contributed by atoms with Crippen molar-refractivity contribution >= 4 is 21.3 Å². The normalized spacial score (nSPS) is 18.4. The Kier molecular flexibility index (Phi) is 4.13. The zero-order chi connectivity index (χ0) is 14.8. The van der Waals surface area contributed by atoms with Gasteiger partial charge < -0.3 is 10.5 Å². The lowest BCUT2D eigenvalue weighted by molar-refractivity contribution is -0.112. The van der Waals surface area contributed by atoms with Crippen LogP contribution in [0.25, 0.3) is 5.57 Å². The summed E-state index contributed by atoms with van der Waals surface area (Å²) >= 11 is 0. The first-order valence-corrected chi connectivity index (χ1v) is 8.16. The summed E-state index contributed by atoms with van der Waals surface area (Å²) in [5, 5.41) is 0. The van der Waals surface area contributed by atoms with Crippen LogP contribution in [0.1, 0.15) is 18.4 Å². The van der Waals surface area contributed by atoms with Gasteiger partial charge in [0.1, 0.15) is 11.9 Å². The van der Waals surface area contributed by atoms with Crippen LogP contribution in [0, 0.1) is 0 Å². The molecule has 1 amide bonds. The summed E-state index contributed by atoms with van der Waals surface area (Å²) in [7, 11) is -2.88. The molecule has 1 heterocycles. The second-order valence-electron chi connectivity index (χ2n) is 4.84. The second-order valence-corrected chi connectivity index (χ2v) is 7.14. The summed E-state index contributed by atoms with van der Waals surface area (Å²) < 4.78 is 28.4. The zero-order valence-corrected chi connectivity index (χ0v) is 11.9. The van der Waals surface area contributed by atoms with E-state index in [0.717, 1.165) is 0 Å². The maximum atomic E-state index is 11.3. The first-order chi connectivity index (χ1) is 9.37. The van der Waals surface area contributed by atoms with Gasteiger partial charge in [-0.15, -0.1) is 0 Å². The van der Waals surface area contributed by atoms with Gasteiger partial charge in [0, 0.05) is 5.57 Å². The molecule has 5 nitrogen and oxygen atoms in total. The van der Waals surface area contributed by atoms with Crippen molar-refractivity contribution in [3.05, 3.63) is 36.4 Å². The zero-order valence-electron chi connectivity index (χ0n) is 11.0. The van der Waals surface area contributed by atoms with Crippen LogP contribution in [0.4, 0.5) is 0 Å². The Morgan fingerprint density at radius 3 is 2.25 bits per heavy atom. The SMILES string of the molecule is C=C(C(N)=O)c1ccc(OC2CCS(=O)(=O)CC2)cc1. The Balaban J connectivity index is 1.98. The molecule has 0 aromatic heterocycles. The van der Waals surface area contributed by atoms with Gasteiger partial charge in [-0.1, -0.05) is 18.7 Å². The molecule has 0 bridgehead atoms. The van der Waals surface area contributed by atoms with Crippen LogP contribution in [0.3, 0.4) is 0 Å². The molecule has 0 spiro atoms.